The van der Waals surface area contributed by atoms with Crippen LogP contribution in [0.2, 0.25) is 0 Å². The molecule has 0 aromatic heterocycles. The summed E-state index contributed by atoms with van der Waals surface area (Å²) in [6, 6.07) is 9.69. The molecule has 0 bridgehead atoms. The first-order valence-electron chi connectivity index (χ1n) is 6.06. The van der Waals surface area contributed by atoms with Gasteiger partial charge in [0.2, 0.25) is 0 Å². The van der Waals surface area contributed by atoms with Crippen LogP contribution < -0.4 is 5.32 Å². The normalized spacial score (nSPS) is 11.1. The van der Waals surface area contributed by atoms with E-state index < -0.39 is 6.09 Å². The van der Waals surface area contributed by atoms with Crippen molar-refractivity contribution in [1.29, 1.82) is 0 Å². The molecule has 0 saturated carbocycles. The molecule has 100 valence electrons. The van der Waals surface area contributed by atoms with Crippen LogP contribution in [0.4, 0.5) is 4.79 Å². The summed E-state index contributed by atoms with van der Waals surface area (Å²) in [5.41, 5.74) is 0.838. The number of alkyl carbamates (subject to hydrolysis) is 1. The van der Waals surface area contributed by atoms with Crippen LogP contribution in [-0.4, -0.2) is 24.9 Å². The molecule has 1 aromatic carbocycles. The van der Waals surface area contributed by atoms with E-state index in [0.717, 1.165) is 5.56 Å². The van der Waals surface area contributed by atoms with Gasteiger partial charge in [-0.3, -0.25) is 0 Å². The zero-order valence-corrected chi connectivity index (χ0v) is 11.2. The zero-order chi connectivity index (χ0) is 13.4. The molecule has 0 spiro atoms. The fourth-order valence-corrected chi connectivity index (χ4v) is 1.30. The van der Waals surface area contributed by atoms with Crippen molar-refractivity contribution in [3.05, 3.63) is 35.9 Å². The van der Waals surface area contributed by atoms with Crippen molar-refractivity contribution in [1.82, 2.24) is 5.32 Å². The van der Waals surface area contributed by atoms with Gasteiger partial charge in [-0.1, -0.05) is 30.3 Å². The molecule has 4 nitrogen and oxygen atoms in total. The lowest BCUT2D eigenvalue weighted by Gasteiger charge is -2.19. The Bertz CT molecular complexity index is 357. The number of hydrogen-bond donors (Lipinski definition) is 1. The minimum absolute atomic E-state index is 0.204. The Hall–Kier alpha value is -1.55. The molecule has 0 aliphatic heterocycles. The monoisotopic (exact) mass is 251 g/mol. The lowest BCUT2D eigenvalue weighted by Crippen LogP contribution is -2.27. The van der Waals surface area contributed by atoms with Gasteiger partial charge in [-0.2, -0.15) is 0 Å². The third-order valence-corrected chi connectivity index (χ3v) is 2.13. The van der Waals surface area contributed by atoms with Gasteiger partial charge in [0.15, 0.2) is 0 Å². The van der Waals surface area contributed by atoms with Gasteiger partial charge in [-0.05, 0) is 26.3 Å². The average Bonchev–Trinajstić information content (AvgIpc) is 2.32. The summed E-state index contributed by atoms with van der Waals surface area (Å²) >= 11 is 0. The molecule has 1 rings (SSSR count). The number of carbonyl (C=O) groups excluding carboxylic acids is 1. The molecule has 1 N–H and O–H groups in total. The fraction of sp³-hybridized carbons (Fsp3) is 0.500. The molecule has 0 unspecified atom stereocenters. The van der Waals surface area contributed by atoms with E-state index in [9.17, 15) is 4.79 Å². The summed E-state index contributed by atoms with van der Waals surface area (Å²) in [6.07, 6.45) is -0.420. The summed E-state index contributed by atoms with van der Waals surface area (Å²) in [6.45, 7) is 7.02. The predicted octanol–water partition coefficient (Wildman–Crippen LogP) is 2.73. The average molecular weight is 251 g/mol. The largest absolute Gasteiger partial charge is 0.447 e. The lowest BCUT2D eigenvalue weighted by molar-refractivity contribution is -0.0230. The lowest BCUT2D eigenvalue weighted by atomic mass is 10.2. The number of carbonyl (C=O) groups is 1. The smallest absolute Gasteiger partial charge is 0.407 e. The van der Waals surface area contributed by atoms with Crippen LogP contribution in [0.25, 0.3) is 0 Å². The quantitative estimate of drug-likeness (QED) is 0.818. The van der Waals surface area contributed by atoms with Crippen molar-refractivity contribution in [3.63, 3.8) is 0 Å². The minimum Gasteiger partial charge on any atom is -0.447 e. The number of nitrogens with one attached hydrogen (secondary N) is 1. The topological polar surface area (TPSA) is 47.6 Å². The first-order valence-corrected chi connectivity index (χ1v) is 6.06. The fourth-order valence-electron chi connectivity index (χ4n) is 1.30. The minimum atomic E-state index is -0.420. The first-order chi connectivity index (χ1) is 8.47. The molecule has 0 radical (unpaired) electrons. The number of hydrogen-bond acceptors (Lipinski definition) is 3. The van der Waals surface area contributed by atoms with E-state index in [0.29, 0.717) is 13.2 Å². The standard InChI is InChI=1S/C14H21NO3/c1-14(2,3)18-10-9-17-13(16)15-11-12-7-5-4-6-8-12/h4-8H,9-11H2,1-3H3,(H,15,16). The molecule has 0 saturated heterocycles. The molecule has 4 heteroatoms. The predicted molar refractivity (Wildman–Crippen MR) is 70.3 cm³/mol. The first kappa shape index (κ1) is 14.5. The molecule has 0 aliphatic carbocycles. The Kier molecular flexibility index (Phi) is 5.65. The molecular weight excluding hydrogens is 230 g/mol. The second-order valence-corrected chi connectivity index (χ2v) is 4.94. The van der Waals surface area contributed by atoms with Crippen LogP contribution in [0.15, 0.2) is 30.3 Å². The Morgan fingerprint density at radius 1 is 1.17 bits per heavy atom. The zero-order valence-electron chi connectivity index (χ0n) is 11.2. The number of ether oxygens (including phenoxy) is 2. The van der Waals surface area contributed by atoms with Gasteiger partial charge in [0.1, 0.15) is 6.61 Å². The molecule has 0 fully saturated rings. The van der Waals surface area contributed by atoms with Crippen molar-refractivity contribution in [2.24, 2.45) is 0 Å². The van der Waals surface area contributed by atoms with Gasteiger partial charge < -0.3 is 14.8 Å². The molecule has 0 aliphatic rings. The van der Waals surface area contributed by atoms with E-state index >= 15 is 0 Å². The number of amides is 1. The highest BCUT2D eigenvalue weighted by molar-refractivity contribution is 5.67. The number of benzene rings is 1. The highest BCUT2D eigenvalue weighted by Gasteiger charge is 2.10. The molecule has 18 heavy (non-hydrogen) atoms. The van der Waals surface area contributed by atoms with Crippen molar-refractivity contribution < 1.29 is 14.3 Å². The van der Waals surface area contributed by atoms with E-state index in [4.69, 9.17) is 9.47 Å². The second kappa shape index (κ2) is 7.01. The van der Waals surface area contributed by atoms with Crippen LogP contribution in [0, 0.1) is 0 Å². The Morgan fingerprint density at radius 2 is 1.83 bits per heavy atom. The SMILES string of the molecule is CC(C)(C)OCCOC(=O)NCc1ccccc1. The van der Waals surface area contributed by atoms with Crippen molar-refractivity contribution in [2.45, 2.75) is 32.9 Å². The summed E-state index contributed by atoms with van der Waals surface area (Å²) < 4.78 is 10.4. The Balaban J connectivity index is 2.11. The van der Waals surface area contributed by atoms with Crippen LogP contribution in [0.3, 0.4) is 0 Å². The summed E-state index contributed by atoms with van der Waals surface area (Å²) in [5, 5.41) is 2.68. The molecule has 0 heterocycles. The third kappa shape index (κ3) is 6.91. The van der Waals surface area contributed by atoms with Crippen molar-refractivity contribution >= 4 is 6.09 Å². The number of rotatable bonds is 5. The maximum Gasteiger partial charge on any atom is 0.407 e. The summed E-state index contributed by atoms with van der Waals surface area (Å²) in [4.78, 5) is 11.4. The van der Waals surface area contributed by atoms with Crippen molar-refractivity contribution in [2.75, 3.05) is 13.2 Å². The third-order valence-electron chi connectivity index (χ3n) is 2.13. The maximum atomic E-state index is 11.4. The van der Waals surface area contributed by atoms with Gasteiger partial charge in [0, 0.05) is 6.54 Å². The summed E-state index contributed by atoms with van der Waals surface area (Å²) in [5.74, 6) is 0. The van der Waals surface area contributed by atoms with E-state index in [-0.39, 0.29) is 12.2 Å². The van der Waals surface area contributed by atoms with Gasteiger partial charge >= 0.3 is 6.09 Å². The second-order valence-electron chi connectivity index (χ2n) is 4.94. The van der Waals surface area contributed by atoms with Gasteiger partial charge in [-0.15, -0.1) is 0 Å². The Morgan fingerprint density at radius 3 is 2.44 bits per heavy atom. The molecule has 0 atom stereocenters. The van der Waals surface area contributed by atoms with Crippen LogP contribution in [0.1, 0.15) is 26.3 Å². The molecule has 1 aromatic rings. The highest BCUT2D eigenvalue weighted by atomic mass is 16.6. The van der Waals surface area contributed by atoms with E-state index in [1.807, 2.05) is 51.1 Å². The van der Waals surface area contributed by atoms with Crippen LogP contribution >= 0.6 is 0 Å². The van der Waals surface area contributed by atoms with E-state index in [1.165, 1.54) is 0 Å². The van der Waals surface area contributed by atoms with E-state index in [1.54, 1.807) is 0 Å². The van der Waals surface area contributed by atoms with E-state index in [2.05, 4.69) is 5.32 Å². The Labute approximate surface area is 108 Å². The maximum absolute atomic E-state index is 11.4. The molecule has 1 amide bonds. The summed E-state index contributed by atoms with van der Waals surface area (Å²) in [7, 11) is 0. The highest BCUT2D eigenvalue weighted by Crippen LogP contribution is 2.05. The van der Waals surface area contributed by atoms with Crippen molar-refractivity contribution in [3.8, 4) is 0 Å². The molecular formula is C14H21NO3. The van der Waals surface area contributed by atoms with Gasteiger partial charge in [-0.25, -0.2) is 4.79 Å². The van der Waals surface area contributed by atoms with Crippen LogP contribution in [0.5, 0.6) is 0 Å². The van der Waals surface area contributed by atoms with Gasteiger partial charge in [0.05, 0.1) is 12.2 Å². The van der Waals surface area contributed by atoms with Crippen LogP contribution in [-0.2, 0) is 16.0 Å². The van der Waals surface area contributed by atoms with Gasteiger partial charge in [0.25, 0.3) is 0 Å².